The number of benzene rings is 2. The zero-order valence-electron chi connectivity index (χ0n) is 8.90. The number of hydrogen-bond donors (Lipinski definition) is 0. The fourth-order valence-corrected chi connectivity index (χ4v) is 2.16. The van der Waals surface area contributed by atoms with E-state index in [0.29, 0.717) is 13.0 Å². The minimum Gasteiger partial charge on any atom is -0.492 e. The standard InChI is InChI=1S/C14H12O2/c15-13-6-3-9-16-14-11-5-2-1-4-10(11)7-8-12(13)14/h1-2,4-5,7-8H,3,6,9H2. The normalized spacial score (nSPS) is 15.4. The number of hydrogen-bond acceptors (Lipinski definition) is 2. The summed E-state index contributed by atoms with van der Waals surface area (Å²) < 4.78 is 5.71. The third-order valence-corrected chi connectivity index (χ3v) is 2.97. The van der Waals surface area contributed by atoms with E-state index in [9.17, 15) is 4.79 Å². The van der Waals surface area contributed by atoms with Gasteiger partial charge in [0.05, 0.1) is 12.2 Å². The maximum Gasteiger partial charge on any atom is 0.166 e. The van der Waals surface area contributed by atoms with Crippen molar-refractivity contribution in [3.63, 3.8) is 0 Å². The van der Waals surface area contributed by atoms with Crippen molar-refractivity contribution in [2.45, 2.75) is 12.8 Å². The Morgan fingerprint density at radius 2 is 1.94 bits per heavy atom. The Kier molecular flexibility index (Phi) is 2.13. The van der Waals surface area contributed by atoms with Crippen molar-refractivity contribution in [3.05, 3.63) is 42.0 Å². The van der Waals surface area contributed by atoms with Crippen LogP contribution in [0.25, 0.3) is 10.8 Å². The quantitative estimate of drug-likeness (QED) is 0.670. The molecule has 0 unspecified atom stereocenters. The number of rotatable bonds is 0. The van der Waals surface area contributed by atoms with Gasteiger partial charge < -0.3 is 4.74 Å². The molecule has 2 nitrogen and oxygen atoms in total. The van der Waals surface area contributed by atoms with Crippen molar-refractivity contribution in [1.82, 2.24) is 0 Å². The molecule has 1 heterocycles. The van der Waals surface area contributed by atoms with Crippen LogP contribution >= 0.6 is 0 Å². The highest BCUT2D eigenvalue weighted by Crippen LogP contribution is 2.32. The molecule has 0 atom stereocenters. The highest BCUT2D eigenvalue weighted by Gasteiger charge is 2.18. The van der Waals surface area contributed by atoms with Gasteiger partial charge in [-0.15, -0.1) is 0 Å². The van der Waals surface area contributed by atoms with Crippen LogP contribution in [0.4, 0.5) is 0 Å². The monoisotopic (exact) mass is 212 g/mol. The first-order chi connectivity index (χ1) is 7.86. The second-order valence-electron chi connectivity index (χ2n) is 4.04. The lowest BCUT2D eigenvalue weighted by atomic mass is 10.0. The summed E-state index contributed by atoms with van der Waals surface area (Å²) in [4.78, 5) is 11.9. The number of carbonyl (C=O) groups is 1. The fourth-order valence-electron chi connectivity index (χ4n) is 2.16. The largest absolute Gasteiger partial charge is 0.492 e. The molecule has 1 aliphatic rings. The number of ether oxygens (including phenoxy) is 1. The summed E-state index contributed by atoms with van der Waals surface area (Å²) in [5, 5.41) is 2.16. The molecule has 2 aromatic rings. The second kappa shape index (κ2) is 3.63. The lowest BCUT2D eigenvalue weighted by Gasteiger charge is -2.09. The van der Waals surface area contributed by atoms with Crippen molar-refractivity contribution >= 4 is 16.6 Å². The molecule has 0 amide bonds. The van der Waals surface area contributed by atoms with Crippen LogP contribution in [-0.2, 0) is 0 Å². The maximum absolute atomic E-state index is 11.9. The molecule has 2 heteroatoms. The smallest absolute Gasteiger partial charge is 0.166 e. The van der Waals surface area contributed by atoms with E-state index >= 15 is 0 Å². The SMILES string of the molecule is O=C1CCCOc2c1ccc1ccccc21. The lowest BCUT2D eigenvalue weighted by molar-refractivity contribution is 0.0983. The van der Waals surface area contributed by atoms with Crippen LogP contribution in [0, 0.1) is 0 Å². The summed E-state index contributed by atoms with van der Waals surface area (Å²) in [5.41, 5.74) is 0.733. The number of fused-ring (bicyclic) bond motifs is 3. The van der Waals surface area contributed by atoms with Crippen LogP contribution in [0.15, 0.2) is 36.4 Å². The van der Waals surface area contributed by atoms with Gasteiger partial charge >= 0.3 is 0 Å². The zero-order chi connectivity index (χ0) is 11.0. The predicted molar refractivity (Wildman–Crippen MR) is 63.0 cm³/mol. The fraction of sp³-hybridized carbons (Fsp3) is 0.214. The van der Waals surface area contributed by atoms with Crippen molar-refractivity contribution in [1.29, 1.82) is 0 Å². The van der Waals surface area contributed by atoms with Gasteiger partial charge in [-0.1, -0.05) is 30.3 Å². The van der Waals surface area contributed by atoms with E-state index in [1.54, 1.807) is 0 Å². The van der Waals surface area contributed by atoms with Crippen LogP contribution in [-0.4, -0.2) is 12.4 Å². The van der Waals surface area contributed by atoms with Gasteiger partial charge in [-0.25, -0.2) is 0 Å². The molecule has 3 rings (SSSR count). The predicted octanol–water partition coefficient (Wildman–Crippen LogP) is 3.20. The molecule has 0 fully saturated rings. The van der Waals surface area contributed by atoms with E-state index in [1.807, 2.05) is 36.4 Å². The van der Waals surface area contributed by atoms with Crippen LogP contribution in [0.2, 0.25) is 0 Å². The number of Topliss-reactive ketones (excluding diaryl/α,β-unsaturated/α-hetero) is 1. The van der Waals surface area contributed by atoms with Crippen molar-refractivity contribution in [2.75, 3.05) is 6.61 Å². The van der Waals surface area contributed by atoms with Gasteiger partial charge in [-0.2, -0.15) is 0 Å². The molecule has 0 N–H and O–H groups in total. The van der Waals surface area contributed by atoms with Crippen LogP contribution in [0.1, 0.15) is 23.2 Å². The average molecular weight is 212 g/mol. The molecular weight excluding hydrogens is 200 g/mol. The molecule has 0 saturated carbocycles. The molecule has 0 aromatic heterocycles. The van der Waals surface area contributed by atoms with E-state index in [0.717, 1.165) is 28.5 Å². The third-order valence-electron chi connectivity index (χ3n) is 2.97. The molecule has 1 aliphatic heterocycles. The van der Waals surface area contributed by atoms with Gasteiger partial charge in [0.25, 0.3) is 0 Å². The van der Waals surface area contributed by atoms with Crippen molar-refractivity contribution < 1.29 is 9.53 Å². The van der Waals surface area contributed by atoms with Gasteiger partial charge in [-0.3, -0.25) is 4.79 Å². The molecular formula is C14H12O2. The molecule has 0 bridgehead atoms. The number of ketones is 1. The van der Waals surface area contributed by atoms with Crippen molar-refractivity contribution in [3.8, 4) is 5.75 Å². The second-order valence-corrected chi connectivity index (χ2v) is 4.04. The Morgan fingerprint density at radius 1 is 1.06 bits per heavy atom. The van der Waals surface area contributed by atoms with Gasteiger partial charge in [0, 0.05) is 11.8 Å². The summed E-state index contributed by atoms with van der Waals surface area (Å²) in [7, 11) is 0. The van der Waals surface area contributed by atoms with Crippen LogP contribution in [0.3, 0.4) is 0 Å². The summed E-state index contributed by atoms with van der Waals surface area (Å²) in [6, 6.07) is 11.9. The highest BCUT2D eigenvalue weighted by atomic mass is 16.5. The highest BCUT2D eigenvalue weighted by molar-refractivity contribution is 6.05. The first kappa shape index (κ1) is 9.40. The van der Waals surface area contributed by atoms with Gasteiger partial charge in [0.2, 0.25) is 0 Å². The van der Waals surface area contributed by atoms with Gasteiger partial charge in [-0.05, 0) is 17.9 Å². The van der Waals surface area contributed by atoms with E-state index in [-0.39, 0.29) is 5.78 Å². The number of carbonyl (C=O) groups excluding carboxylic acids is 1. The topological polar surface area (TPSA) is 26.3 Å². The molecule has 0 radical (unpaired) electrons. The van der Waals surface area contributed by atoms with E-state index in [1.165, 1.54) is 0 Å². The molecule has 0 saturated heterocycles. The molecule has 16 heavy (non-hydrogen) atoms. The van der Waals surface area contributed by atoms with E-state index < -0.39 is 0 Å². The third kappa shape index (κ3) is 1.38. The van der Waals surface area contributed by atoms with Crippen molar-refractivity contribution in [2.24, 2.45) is 0 Å². The maximum atomic E-state index is 11.9. The minimum atomic E-state index is 0.193. The Morgan fingerprint density at radius 3 is 2.88 bits per heavy atom. The Labute approximate surface area is 93.8 Å². The first-order valence-corrected chi connectivity index (χ1v) is 5.54. The first-order valence-electron chi connectivity index (χ1n) is 5.54. The lowest BCUT2D eigenvalue weighted by Crippen LogP contribution is -1.97. The average Bonchev–Trinajstić information content (AvgIpc) is 2.52. The van der Waals surface area contributed by atoms with Crippen LogP contribution < -0.4 is 4.74 Å². The Hall–Kier alpha value is -1.83. The summed E-state index contributed by atoms with van der Waals surface area (Å²) in [6.45, 7) is 0.632. The molecule has 80 valence electrons. The van der Waals surface area contributed by atoms with Gasteiger partial charge in [0.1, 0.15) is 5.75 Å². The molecule has 0 aliphatic carbocycles. The van der Waals surface area contributed by atoms with E-state index in [4.69, 9.17) is 4.74 Å². The summed E-state index contributed by atoms with van der Waals surface area (Å²) in [6.07, 6.45) is 1.40. The molecule has 0 spiro atoms. The Balaban J connectivity index is 2.32. The minimum absolute atomic E-state index is 0.193. The van der Waals surface area contributed by atoms with Gasteiger partial charge in [0.15, 0.2) is 5.78 Å². The summed E-state index contributed by atoms with van der Waals surface area (Å²) in [5.74, 6) is 0.957. The van der Waals surface area contributed by atoms with E-state index in [2.05, 4.69) is 0 Å². The Bertz CT molecular complexity index is 558. The summed E-state index contributed by atoms with van der Waals surface area (Å²) >= 11 is 0. The zero-order valence-corrected chi connectivity index (χ0v) is 8.90. The molecule has 2 aromatic carbocycles. The van der Waals surface area contributed by atoms with Crippen LogP contribution in [0.5, 0.6) is 5.75 Å².